The highest BCUT2D eigenvalue weighted by atomic mass is 15.2. The molecule has 4 aliphatic carbocycles. The largest absolute Gasteiger partial charge is 0.330 e. The zero-order chi connectivity index (χ0) is 48.2. The van der Waals surface area contributed by atoms with Gasteiger partial charge in [0, 0.05) is 43.4 Å². The summed E-state index contributed by atoms with van der Waals surface area (Å²) in [6.07, 6.45) is 7.88. The summed E-state index contributed by atoms with van der Waals surface area (Å²) in [5, 5.41) is 4.96. The lowest BCUT2D eigenvalue weighted by atomic mass is 9.81. The van der Waals surface area contributed by atoms with Gasteiger partial charge in [0.1, 0.15) is 5.82 Å². The monoisotopic (exact) mass is 924 g/mol. The highest BCUT2D eigenvalue weighted by Crippen LogP contribution is 2.58. The second-order valence-corrected chi connectivity index (χ2v) is 22.6. The van der Waals surface area contributed by atoms with Crippen molar-refractivity contribution in [1.82, 2.24) is 14.1 Å². The Morgan fingerprint density at radius 2 is 0.889 bits per heavy atom. The van der Waals surface area contributed by atoms with E-state index in [1.807, 2.05) is 0 Å². The molecule has 1 aliphatic heterocycles. The van der Waals surface area contributed by atoms with Gasteiger partial charge in [0.25, 0.3) is 0 Å². The molecule has 1 unspecified atom stereocenters. The fraction of sp³-hybridized carbons (Fsp3) is 0.162. The quantitative estimate of drug-likeness (QED) is 0.176. The van der Waals surface area contributed by atoms with E-state index in [0.717, 1.165) is 40.3 Å². The van der Waals surface area contributed by atoms with Gasteiger partial charge >= 0.3 is 0 Å². The fourth-order valence-corrected chi connectivity index (χ4v) is 14.5. The van der Waals surface area contributed by atoms with Crippen LogP contribution >= 0.6 is 0 Å². The summed E-state index contributed by atoms with van der Waals surface area (Å²) in [5.74, 6) is 1.82. The van der Waals surface area contributed by atoms with Crippen molar-refractivity contribution in [3.05, 3.63) is 227 Å². The average molecular weight is 925 g/mol. The Balaban J connectivity index is 1.02. The molecule has 4 nitrogen and oxygen atoms in total. The molecular weight excluding hydrogens is 873 g/mol. The first-order valence-corrected chi connectivity index (χ1v) is 25.8. The average Bonchev–Trinajstić information content (AvgIpc) is 4.18. The molecule has 0 spiro atoms. The molecule has 0 N–H and O–H groups in total. The van der Waals surface area contributed by atoms with Crippen molar-refractivity contribution < 1.29 is 0 Å². The number of fused-ring (bicyclic) bond motifs is 18. The maximum absolute atomic E-state index is 6.12. The molecule has 0 radical (unpaired) electrons. The van der Waals surface area contributed by atoms with Gasteiger partial charge in [0.2, 0.25) is 0 Å². The Bertz CT molecular complexity index is 4350. The van der Waals surface area contributed by atoms with Gasteiger partial charge < -0.3 is 4.90 Å². The zero-order valence-corrected chi connectivity index (χ0v) is 41.5. The maximum Gasteiger partial charge on any atom is 0.164 e. The van der Waals surface area contributed by atoms with Gasteiger partial charge in [0.05, 0.1) is 39.5 Å². The summed E-state index contributed by atoms with van der Waals surface area (Å²) in [7, 11) is 0. The van der Waals surface area contributed by atoms with E-state index in [-0.39, 0.29) is 22.3 Å². The molecule has 1 atom stereocenters. The van der Waals surface area contributed by atoms with Crippen LogP contribution in [0.2, 0.25) is 0 Å². The van der Waals surface area contributed by atoms with Crippen LogP contribution in [-0.2, 0) is 16.2 Å². The highest BCUT2D eigenvalue weighted by molar-refractivity contribution is 6.13. The first kappa shape index (κ1) is 40.5. The number of nitrogens with zero attached hydrogens (tertiary/aromatic N) is 4. The number of benzene rings is 8. The van der Waals surface area contributed by atoms with Crippen LogP contribution in [0.25, 0.3) is 94.2 Å². The summed E-state index contributed by atoms with van der Waals surface area (Å²) in [4.78, 5) is 8.77. The summed E-state index contributed by atoms with van der Waals surface area (Å²) in [6, 6.07) is 64.7. The second kappa shape index (κ2) is 13.6. The van der Waals surface area contributed by atoms with Crippen molar-refractivity contribution in [3.8, 4) is 45.0 Å². The van der Waals surface area contributed by atoms with Crippen LogP contribution in [-0.4, -0.2) is 20.2 Å². The Morgan fingerprint density at radius 1 is 0.403 bits per heavy atom. The number of pyridine rings is 1. The normalized spacial score (nSPS) is 17.7. The topological polar surface area (TPSA) is 26.0 Å². The summed E-state index contributed by atoms with van der Waals surface area (Å²) in [5.41, 5.74) is 25.5. The van der Waals surface area contributed by atoms with Crippen LogP contribution in [0.1, 0.15) is 86.9 Å². The van der Waals surface area contributed by atoms with Gasteiger partial charge in [-0.05, 0) is 139 Å². The van der Waals surface area contributed by atoms with Gasteiger partial charge in [-0.15, -0.1) is 0 Å². The third-order valence-corrected chi connectivity index (χ3v) is 18.0. The Kier molecular flexibility index (Phi) is 7.65. The maximum atomic E-state index is 6.12. The minimum atomic E-state index is -0.136. The standard InChI is InChI=1S/C68H52N4/c1-66(2)51-25-13-7-19-39(51)45-36-61-48(33-54(45)66)42-22-10-16-28-57(42)70(61)60-31-32-64(71-58-29-17-11-23-43(58)49-34-55-46(37-62(49)71)40-20-8-14-26-52(40)67(55,3)4)69-65(60)72-59-30-18-12-24-44(59)50-35-56-47(38-63(50)72)41-21-9-15-27-53(41)68(56,5)6/h7-27,29-38,57H,28H2,1-6H3. The van der Waals surface area contributed by atoms with E-state index >= 15 is 0 Å². The molecule has 0 amide bonds. The first-order valence-electron chi connectivity index (χ1n) is 25.8. The number of anilines is 2. The van der Waals surface area contributed by atoms with Crippen molar-refractivity contribution in [3.63, 3.8) is 0 Å². The van der Waals surface area contributed by atoms with Crippen molar-refractivity contribution >= 4 is 60.6 Å². The molecular formula is C68H52N4. The van der Waals surface area contributed by atoms with Crippen molar-refractivity contribution in [2.75, 3.05) is 4.90 Å². The van der Waals surface area contributed by atoms with Crippen LogP contribution in [0, 0.1) is 0 Å². The summed E-state index contributed by atoms with van der Waals surface area (Å²) < 4.78 is 4.95. The lowest BCUT2D eigenvalue weighted by Gasteiger charge is -2.31. The van der Waals surface area contributed by atoms with Gasteiger partial charge in [-0.1, -0.05) is 169 Å². The smallest absolute Gasteiger partial charge is 0.164 e. The third kappa shape index (κ3) is 4.95. The molecule has 8 aromatic carbocycles. The van der Waals surface area contributed by atoms with Gasteiger partial charge in [0.15, 0.2) is 5.82 Å². The number of hydrogen-bond donors (Lipinski definition) is 0. The molecule has 16 rings (SSSR count). The molecule has 5 aliphatic rings. The Morgan fingerprint density at radius 3 is 1.47 bits per heavy atom. The molecule has 3 aromatic heterocycles. The predicted octanol–water partition coefficient (Wildman–Crippen LogP) is 17.1. The van der Waals surface area contributed by atoms with E-state index in [2.05, 4.69) is 244 Å². The van der Waals surface area contributed by atoms with E-state index in [0.29, 0.717) is 0 Å². The lowest BCUT2D eigenvalue weighted by molar-refractivity contribution is 0.660. The summed E-state index contributed by atoms with van der Waals surface area (Å²) in [6.45, 7) is 14.3. The molecule has 0 bridgehead atoms. The number of rotatable bonds is 3. The minimum absolute atomic E-state index is 0.0987. The molecule has 72 heavy (non-hydrogen) atoms. The highest BCUT2D eigenvalue weighted by Gasteiger charge is 2.43. The van der Waals surface area contributed by atoms with Crippen LogP contribution in [0.5, 0.6) is 0 Å². The van der Waals surface area contributed by atoms with Crippen molar-refractivity contribution in [1.29, 1.82) is 0 Å². The molecule has 0 saturated carbocycles. The zero-order valence-electron chi connectivity index (χ0n) is 41.5. The van der Waals surface area contributed by atoms with E-state index in [4.69, 9.17) is 4.98 Å². The molecule has 0 saturated heterocycles. The lowest BCUT2D eigenvalue weighted by Crippen LogP contribution is -2.28. The second-order valence-electron chi connectivity index (χ2n) is 22.6. The van der Waals surface area contributed by atoms with E-state index in [9.17, 15) is 0 Å². The predicted molar refractivity (Wildman–Crippen MR) is 300 cm³/mol. The number of allylic oxidation sites excluding steroid dienone is 2. The van der Waals surface area contributed by atoms with Crippen LogP contribution in [0.4, 0.5) is 11.4 Å². The van der Waals surface area contributed by atoms with E-state index in [1.54, 1.807) is 0 Å². The molecule has 0 fully saturated rings. The minimum Gasteiger partial charge on any atom is -0.330 e. The van der Waals surface area contributed by atoms with E-state index in [1.165, 1.54) is 111 Å². The van der Waals surface area contributed by atoms with E-state index < -0.39 is 0 Å². The number of hydrogen-bond acceptors (Lipinski definition) is 2. The fourth-order valence-electron chi connectivity index (χ4n) is 14.5. The SMILES string of the molecule is CC1(C)c2ccccc2-c2cc3c(cc21)C1=CC=CCC1N3c1ccc(-n2c3ccccc3c3cc4c(cc32)-c2ccccc2C4(C)C)nc1-n1c2ccccc2c2cc3c(cc21)-c1ccccc1C3(C)C. The van der Waals surface area contributed by atoms with Crippen LogP contribution in [0.3, 0.4) is 0 Å². The molecule has 4 heteroatoms. The van der Waals surface area contributed by atoms with Gasteiger partial charge in [-0.2, -0.15) is 0 Å². The molecule has 11 aromatic rings. The van der Waals surface area contributed by atoms with Gasteiger partial charge in [-0.25, -0.2) is 4.98 Å². The summed E-state index contributed by atoms with van der Waals surface area (Å²) >= 11 is 0. The third-order valence-electron chi connectivity index (χ3n) is 18.0. The molecule has 344 valence electrons. The Hall–Kier alpha value is -8.21. The van der Waals surface area contributed by atoms with Crippen LogP contribution < -0.4 is 4.90 Å². The van der Waals surface area contributed by atoms with Crippen molar-refractivity contribution in [2.24, 2.45) is 0 Å². The number of para-hydroxylation sites is 2. The Labute approximate surface area is 419 Å². The van der Waals surface area contributed by atoms with Crippen LogP contribution in [0.15, 0.2) is 188 Å². The first-order chi connectivity index (χ1) is 35.0. The van der Waals surface area contributed by atoms with Gasteiger partial charge in [-0.3, -0.25) is 9.13 Å². The molecule has 4 heterocycles. The van der Waals surface area contributed by atoms with Crippen molar-refractivity contribution in [2.45, 2.75) is 70.3 Å². The number of aromatic nitrogens is 3.